The van der Waals surface area contributed by atoms with Crippen LogP contribution in [0.3, 0.4) is 0 Å². The molecular weight excluding hydrogens is 304 g/mol. The van der Waals surface area contributed by atoms with Crippen LogP contribution in [0.2, 0.25) is 0 Å². The number of ether oxygens (including phenoxy) is 2. The molecule has 0 radical (unpaired) electrons. The Morgan fingerprint density at radius 3 is 2.91 bits per heavy atom. The number of hydrogen-bond acceptors (Lipinski definition) is 4. The Balaban J connectivity index is 0.00000242. The Morgan fingerprint density at radius 2 is 2.27 bits per heavy atom. The molecule has 0 aromatic heterocycles. The summed E-state index contributed by atoms with van der Waals surface area (Å²) >= 11 is 0. The number of carbonyl (C=O) groups excluding carboxylic acids is 1. The highest BCUT2D eigenvalue weighted by atomic mass is 35.5. The van der Waals surface area contributed by atoms with E-state index in [0.29, 0.717) is 24.5 Å². The lowest BCUT2D eigenvalue weighted by Crippen LogP contribution is -2.48. The molecule has 22 heavy (non-hydrogen) atoms. The van der Waals surface area contributed by atoms with Gasteiger partial charge in [-0.1, -0.05) is 6.07 Å². The summed E-state index contributed by atoms with van der Waals surface area (Å²) in [6.07, 6.45) is 2.29. The van der Waals surface area contributed by atoms with Gasteiger partial charge in [0.15, 0.2) is 0 Å². The second-order valence-electron chi connectivity index (χ2n) is 6.02. The van der Waals surface area contributed by atoms with Crippen molar-refractivity contribution in [2.45, 2.75) is 38.3 Å². The fourth-order valence-corrected chi connectivity index (χ4v) is 2.12. The summed E-state index contributed by atoms with van der Waals surface area (Å²) in [5, 5.41) is 2.90. The van der Waals surface area contributed by atoms with E-state index >= 15 is 0 Å². The molecule has 124 valence electrons. The summed E-state index contributed by atoms with van der Waals surface area (Å²) in [6, 6.07) is 7.17. The highest BCUT2D eigenvalue weighted by Gasteiger charge is 2.20. The number of benzene rings is 1. The summed E-state index contributed by atoms with van der Waals surface area (Å²) in [5.41, 5.74) is 5.77. The molecule has 0 aliphatic carbocycles. The monoisotopic (exact) mass is 328 g/mol. The van der Waals surface area contributed by atoms with Crippen molar-refractivity contribution in [3.8, 4) is 5.75 Å². The summed E-state index contributed by atoms with van der Waals surface area (Å²) in [4.78, 5) is 12.2. The average molecular weight is 329 g/mol. The van der Waals surface area contributed by atoms with E-state index in [4.69, 9.17) is 15.2 Å². The van der Waals surface area contributed by atoms with Gasteiger partial charge in [0.05, 0.1) is 6.10 Å². The molecule has 1 heterocycles. The van der Waals surface area contributed by atoms with Crippen LogP contribution in [0.25, 0.3) is 0 Å². The van der Waals surface area contributed by atoms with Gasteiger partial charge in [0.1, 0.15) is 12.4 Å². The second-order valence-corrected chi connectivity index (χ2v) is 6.02. The number of rotatable bonds is 6. The van der Waals surface area contributed by atoms with Crippen LogP contribution >= 0.6 is 12.4 Å². The zero-order valence-electron chi connectivity index (χ0n) is 13.1. The number of carbonyl (C=O) groups is 1. The molecule has 3 N–H and O–H groups in total. The smallest absolute Gasteiger partial charge is 0.251 e. The van der Waals surface area contributed by atoms with E-state index in [1.54, 1.807) is 12.1 Å². The van der Waals surface area contributed by atoms with E-state index in [0.717, 1.165) is 19.4 Å². The standard InChI is InChI=1S/C16H24N2O3.ClH/c1-16(2,11-17)18-15(19)12-5-3-6-13(9-12)21-10-14-7-4-8-20-14;/h3,5-6,9,14H,4,7-8,10-11,17H2,1-2H3,(H,18,19);1H. The average Bonchev–Trinajstić information content (AvgIpc) is 2.98. The van der Waals surface area contributed by atoms with E-state index in [-0.39, 0.29) is 24.4 Å². The van der Waals surface area contributed by atoms with Crippen LogP contribution in [0.5, 0.6) is 5.75 Å². The van der Waals surface area contributed by atoms with Crippen molar-refractivity contribution in [2.24, 2.45) is 5.73 Å². The van der Waals surface area contributed by atoms with Crippen LogP contribution in [0.4, 0.5) is 0 Å². The van der Waals surface area contributed by atoms with E-state index in [2.05, 4.69) is 5.32 Å². The first-order valence-electron chi connectivity index (χ1n) is 7.37. The molecule has 1 aromatic rings. The van der Waals surface area contributed by atoms with Crippen LogP contribution < -0.4 is 15.8 Å². The lowest BCUT2D eigenvalue weighted by molar-refractivity contribution is 0.0679. The Bertz CT molecular complexity index is 488. The lowest BCUT2D eigenvalue weighted by Gasteiger charge is -2.24. The van der Waals surface area contributed by atoms with Crippen LogP contribution in [-0.4, -0.2) is 37.3 Å². The molecule has 1 unspecified atom stereocenters. The molecule has 1 fully saturated rings. The molecule has 6 heteroatoms. The zero-order chi connectivity index (χ0) is 15.3. The maximum atomic E-state index is 12.2. The highest BCUT2D eigenvalue weighted by Crippen LogP contribution is 2.17. The van der Waals surface area contributed by atoms with Crippen LogP contribution in [0.1, 0.15) is 37.0 Å². The third kappa shape index (κ3) is 5.48. The fourth-order valence-electron chi connectivity index (χ4n) is 2.12. The fraction of sp³-hybridized carbons (Fsp3) is 0.562. The lowest BCUT2D eigenvalue weighted by atomic mass is 10.1. The Morgan fingerprint density at radius 1 is 1.50 bits per heavy atom. The van der Waals surface area contributed by atoms with Gasteiger partial charge < -0.3 is 20.5 Å². The van der Waals surface area contributed by atoms with E-state index < -0.39 is 5.54 Å². The third-order valence-corrected chi connectivity index (χ3v) is 3.52. The molecule has 1 amide bonds. The number of amides is 1. The molecule has 1 atom stereocenters. The normalized spacial score (nSPS) is 17.7. The first-order valence-corrected chi connectivity index (χ1v) is 7.37. The van der Waals surface area contributed by atoms with Gasteiger partial charge in [0, 0.05) is 24.3 Å². The van der Waals surface area contributed by atoms with Gasteiger partial charge in [-0.3, -0.25) is 4.79 Å². The van der Waals surface area contributed by atoms with Crippen molar-refractivity contribution in [1.29, 1.82) is 0 Å². The van der Waals surface area contributed by atoms with Gasteiger partial charge in [0.2, 0.25) is 0 Å². The number of nitrogens with one attached hydrogen (secondary N) is 1. The summed E-state index contributed by atoms with van der Waals surface area (Å²) in [7, 11) is 0. The predicted octanol–water partition coefficient (Wildman–Crippen LogP) is 2.13. The zero-order valence-corrected chi connectivity index (χ0v) is 13.9. The van der Waals surface area contributed by atoms with Crippen molar-refractivity contribution in [3.63, 3.8) is 0 Å². The predicted molar refractivity (Wildman–Crippen MR) is 88.8 cm³/mol. The topological polar surface area (TPSA) is 73.6 Å². The largest absolute Gasteiger partial charge is 0.491 e. The molecule has 2 rings (SSSR count). The van der Waals surface area contributed by atoms with Gasteiger partial charge in [-0.05, 0) is 44.9 Å². The van der Waals surface area contributed by atoms with E-state index in [1.807, 2.05) is 26.0 Å². The van der Waals surface area contributed by atoms with E-state index in [1.165, 1.54) is 0 Å². The molecule has 0 bridgehead atoms. The molecule has 1 saturated heterocycles. The minimum absolute atomic E-state index is 0. The van der Waals surface area contributed by atoms with E-state index in [9.17, 15) is 4.79 Å². The first kappa shape index (κ1) is 18.7. The molecule has 1 aliphatic heterocycles. The van der Waals surface area contributed by atoms with Gasteiger partial charge in [-0.2, -0.15) is 0 Å². The van der Waals surface area contributed by atoms with Crippen LogP contribution in [0.15, 0.2) is 24.3 Å². The summed E-state index contributed by atoms with van der Waals surface area (Å²) in [5.74, 6) is 0.539. The maximum absolute atomic E-state index is 12.2. The molecule has 1 aliphatic rings. The number of halogens is 1. The van der Waals surface area contributed by atoms with Crippen molar-refractivity contribution in [1.82, 2.24) is 5.32 Å². The van der Waals surface area contributed by atoms with Gasteiger partial charge in [-0.15, -0.1) is 12.4 Å². The third-order valence-electron chi connectivity index (χ3n) is 3.52. The van der Waals surface area contributed by atoms with Crippen molar-refractivity contribution in [3.05, 3.63) is 29.8 Å². The minimum Gasteiger partial charge on any atom is -0.491 e. The second kappa shape index (κ2) is 8.36. The number of hydrogen-bond donors (Lipinski definition) is 2. The molecule has 5 nitrogen and oxygen atoms in total. The first-order chi connectivity index (χ1) is 10.00. The van der Waals surface area contributed by atoms with Crippen LogP contribution in [-0.2, 0) is 4.74 Å². The number of nitrogens with two attached hydrogens (primary N) is 1. The Hall–Kier alpha value is -1.30. The Kier molecular flexibility index (Phi) is 7.13. The maximum Gasteiger partial charge on any atom is 0.251 e. The minimum atomic E-state index is -0.425. The van der Waals surface area contributed by atoms with Crippen molar-refractivity contribution >= 4 is 18.3 Å². The molecule has 0 spiro atoms. The Labute approximate surface area is 138 Å². The molecule has 0 saturated carbocycles. The van der Waals surface area contributed by atoms with Crippen molar-refractivity contribution in [2.75, 3.05) is 19.8 Å². The summed E-state index contributed by atoms with van der Waals surface area (Å²) < 4.78 is 11.2. The van der Waals surface area contributed by atoms with Crippen LogP contribution in [0, 0.1) is 0 Å². The SMILES string of the molecule is CC(C)(CN)NC(=O)c1cccc(OCC2CCCO2)c1.Cl. The van der Waals surface area contributed by atoms with Gasteiger partial charge in [0.25, 0.3) is 5.91 Å². The van der Waals surface area contributed by atoms with Gasteiger partial charge >= 0.3 is 0 Å². The van der Waals surface area contributed by atoms with Crippen molar-refractivity contribution < 1.29 is 14.3 Å². The highest BCUT2D eigenvalue weighted by molar-refractivity contribution is 5.95. The van der Waals surface area contributed by atoms with Gasteiger partial charge in [-0.25, -0.2) is 0 Å². The molecule has 1 aromatic carbocycles. The quantitative estimate of drug-likeness (QED) is 0.839. The summed E-state index contributed by atoms with van der Waals surface area (Å²) in [6.45, 7) is 5.50. The molecular formula is C16H25ClN2O3.